The Labute approximate surface area is 97.6 Å². The molecule has 0 spiro atoms. The van der Waals surface area contributed by atoms with Gasteiger partial charge < -0.3 is 4.57 Å². The van der Waals surface area contributed by atoms with Crippen molar-refractivity contribution in [3.05, 3.63) is 48.8 Å². The zero-order valence-electron chi connectivity index (χ0n) is 9.26. The Kier molecular flexibility index (Phi) is 2.14. The van der Waals surface area contributed by atoms with Crippen LogP contribution >= 0.6 is 0 Å². The predicted octanol–water partition coefficient (Wildman–Crippen LogP) is 2.77. The highest BCUT2D eigenvalue weighted by molar-refractivity contribution is 5.92. The van der Waals surface area contributed by atoms with E-state index in [9.17, 15) is 4.39 Å². The summed E-state index contributed by atoms with van der Waals surface area (Å²) in [5.74, 6) is -0.243. The first-order chi connectivity index (χ1) is 8.27. The first-order valence-corrected chi connectivity index (χ1v) is 5.27. The molecule has 3 nitrogen and oxygen atoms in total. The maximum atomic E-state index is 14.0. The molecule has 17 heavy (non-hydrogen) atoms. The number of fused-ring (bicyclic) bond motifs is 1. The Balaban J connectivity index is 2.42. The minimum absolute atomic E-state index is 0.243. The van der Waals surface area contributed by atoms with Gasteiger partial charge >= 0.3 is 0 Å². The number of aromatic nitrogens is 3. The standard InChI is InChI=1S/C13H10FN3/c1-17-8-16-11-3-2-10(14)12(13(11)17)9-4-6-15-7-5-9/h2-8H,1H3. The molecule has 0 bridgehead atoms. The summed E-state index contributed by atoms with van der Waals surface area (Å²) in [6.07, 6.45) is 5.00. The van der Waals surface area contributed by atoms with Gasteiger partial charge in [0, 0.05) is 25.0 Å². The summed E-state index contributed by atoms with van der Waals surface area (Å²) < 4.78 is 15.8. The van der Waals surface area contributed by atoms with Gasteiger partial charge in [0.1, 0.15) is 5.82 Å². The second-order valence-corrected chi connectivity index (χ2v) is 3.88. The molecule has 0 aliphatic carbocycles. The summed E-state index contributed by atoms with van der Waals surface area (Å²) in [4.78, 5) is 8.17. The molecule has 3 rings (SSSR count). The quantitative estimate of drug-likeness (QED) is 0.640. The molecule has 0 atom stereocenters. The van der Waals surface area contributed by atoms with Crippen molar-refractivity contribution in [1.29, 1.82) is 0 Å². The third kappa shape index (κ3) is 1.49. The Morgan fingerprint density at radius 1 is 1.12 bits per heavy atom. The molecule has 0 aliphatic heterocycles. The molecule has 0 unspecified atom stereocenters. The van der Waals surface area contributed by atoms with Crippen molar-refractivity contribution in [2.45, 2.75) is 0 Å². The van der Waals surface area contributed by atoms with E-state index in [1.807, 2.05) is 11.6 Å². The summed E-state index contributed by atoms with van der Waals surface area (Å²) >= 11 is 0. The Morgan fingerprint density at radius 3 is 2.65 bits per heavy atom. The summed E-state index contributed by atoms with van der Waals surface area (Å²) in [7, 11) is 1.86. The maximum Gasteiger partial charge on any atom is 0.133 e. The zero-order chi connectivity index (χ0) is 11.8. The van der Waals surface area contributed by atoms with Gasteiger partial charge in [0.15, 0.2) is 0 Å². The molecule has 84 valence electrons. The van der Waals surface area contributed by atoms with Gasteiger partial charge in [0.05, 0.1) is 17.4 Å². The highest BCUT2D eigenvalue weighted by atomic mass is 19.1. The van der Waals surface area contributed by atoms with E-state index in [1.165, 1.54) is 6.07 Å². The Bertz CT molecular complexity index is 674. The van der Waals surface area contributed by atoms with Gasteiger partial charge in [-0.25, -0.2) is 9.37 Å². The summed E-state index contributed by atoms with van der Waals surface area (Å²) in [5, 5.41) is 0. The van der Waals surface area contributed by atoms with Crippen molar-refractivity contribution in [1.82, 2.24) is 14.5 Å². The largest absolute Gasteiger partial charge is 0.333 e. The minimum Gasteiger partial charge on any atom is -0.333 e. The van der Waals surface area contributed by atoms with Crippen molar-refractivity contribution in [3.63, 3.8) is 0 Å². The molecule has 1 aromatic carbocycles. The van der Waals surface area contributed by atoms with E-state index in [1.54, 1.807) is 36.9 Å². The molecule has 0 saturated heterocycles. The van der Waals surface area contributed by atoms with Crippen LogP contribution in [0.15, 0.2) is 43.0 Å². The zero-order valence-corrected chi connectivity index (χ0v) is 9.26. The number of rotatable bonds is 1. The summed E-state index contributed by atoms with van der Waals surface area (Å²) in [5.41, 5.74) is 2.98. The third-order valence-corrected chi connectivity index (χ3v) is 2.80. The smallest absolute Gasteiger partial charge is 0.133 e. The molecule has 0 radical (unpaired) electrons. The normalized spacial score (nSPS) is 10.9. The molecule has 3 aromatic rings. The monoisotopic (exact) mass is 227 g/mol. The number of aryl methyl sites for hydroxylation is 1. The Hall–Kier alpha value is -2.23. The molecule has 0 fully saturated rings. The predicted molar refractivity (Wildman–Crippen MR) is 63.9 cm³/mol. The van der Waals surface area contributed by atoms with Gasteiger partial charge in [0.2, 0.25) is 0 Å². The van der Waals surface area contributed by atoms with Crippen LogP contribution in [-0.4, -0.2) is 14.5 Å². The van der Waals surface area contributed by atoms with Crippen LogP contribution in [0.4, 0.5) is 4.39 Å². The van der Waals surface area contributed by atoms with E-state index < -0.39 is 0 Å². The lowest BCUT2D eigenvalue weighted by Crippen LogP contribution is -1.92. The van der Waals surface area contributed by atoms with Gasteiger partial charge in [-0.3, -0.25) is 4.98 Å². The van der Waals surface area contributed by atoms with Crippen LogP contribution in [0.1, 0.15) is 0 Å². The van der Waals surface area contributed by atoms with E-state index in [-0.39, 0.29) is 5.82 Å². The molecule has 4 heteroatoms. The van der Waals surface area contributed by atoms with Crippen molar-refractivity contribution >= 4 is 11.0 Å². The van der Waals surface area contributed by atoms with Crippen LogP contribution in [0.5, 0.6) is 0 Å². The second-order valence-electron chi connectivity index (χ2n) is 3.88. The van der Waals surface area contributed by atoms with Crippen molar-refractivity contribution in [2.24, 2.45) is 7.05 Å². The number of pyridine rings is 1. The fourth-order valence-corrected chi connectivity index (χ4v) is 2.02. The average Bonchev–Trinajstić information content (AvgIpc) is 2.73. The topological polar surface area (TPSA) is 30.7 Å². The van der Waals surface area contributed by atoms with Gasteiger partial charge in [-0.05, 0) is 29.8 Å². The lowest BCUT2D eigenvalue weighted by atomic mass is 10.0. The van der Waals surface area contributed by atoms with E-state index in [0.717, 1.165) is 16.6 Å². The van der Waals surface area contributed by atoms with Gasteiger partial charge in [-0.15, -0.1) is 0 Å². The van der Waals surface area contributed by atoms with Crippen molar-refractivity contribution < 1.29 is 4.39 Å². The molecule has 2 heterocycles. The second kappa shape index (κ2) is 3.66. The number of imidazole rings is 1. The minimum atomic E-state index is -0.243. The van der Waals surface area contributed by atoms with Crippen LogP contribution in [0.2, 0.25) is 0 Å². The van der Waals surface area contributed by atoms with E-state index in [2.05, 4.69) is 9.97 Å². The Morgan fingerprint density at radius 2 is 1.88 bits per heavy atom. The highest BCUT2D eigenvalue weighted by Gasteiger charge is 2.13. The van der Waals surface area contributed by atoms with Crippen LogP contribution < -0.4 is 0 Å². The number of hydrogen-bond acceptors (Lipinski definition) is 2. The molecular formula is C13H10FN3. The van der Waals surface area contributed by atoms with Crippen molar-refractivity contribution in [3.8, 4) is 11.1 Å². The first kappa shape index (κ1) is 9.96. The third-order valence-electron chi connectivity index (χ3n) is 2.80. The fraction of sp³-hybridized carbons (Fsp3) is 0.0769. The molecule has 0 saturated carbocycles. The van der Waals surface area contributed by atoms with Gasteiger partial charge in [0.25, 0.3) is 0 Å². The van der Waals surface area contributed by atoms with E-state index in [4.69, 9.17) is 0 Å². The molecule has 2 aromatic heterocycles. The van der Waals surface area contributed by atoms with Crippen LogP contribution in [0, 0.1) is 5.82 Å². The molecular weight excluding hydrogens is 217 g/mol. The number of nitrogens with zero attached hydrogens (tertiary/aromatic N) is 3. The number of halogens is 1. The lowest BCUT2D eigenvalue weighted by molar-refractivity contribution is 0.632. The molecule has 0 N–H and O–H groups in total. The lowest BCUT2D eigenvalue weighted by Gasteiger charge is -2.06. The van der Waals surface area contributed by atoms with Crippen molar-refractivity contribution in [2.75, 3.05) is 0 Å². The van der Waals surface area contributed by atoms with E-state index >= 15 is 0 Å². The maximum absolute atomic E-state index is 14.0. The summed E-state index contributed by atoms with van der Waals surface area (Å²) in [6.45, 7) is 0. The molecule has 0 amide bonds. The number of hydrogen-bond donors (Lipinski definition) is 0. The SMILES string of the molecule is Cn1cnc2ccc(F)c(-c3ccncc3)c21. The van der Waals surface area contributed by atoms with Crippen LogP contribution in [0.3, 0.4) is 0 Å². The highest BCUT2D eigenvalue weighted by Crippen LogP contribution is 2.30. The summed E-state index contributed by atoms with van der Waals surface area (Å²) in [6, 6.07) is 6.73. The van der Waals surface area contributed by atoms with Crippen LogP contribution in [-0.2, 0) is 7.05 Å². The van der Waals surface area contributed by atoms with Gasteiger partial charge in [-0.1, -0.05) is 0 Å². The van der Waals surface area contributed by atoms with Crippen LogP contribution in [0.25, 0.3) is 22.2 Å². The fourth-order valence-electron chi connectivity index (χ4n) is 2.02. The number of benzene rings is 1. The average molecular weight is 227 g/mol. The first-order valence-electron chi connectivity index (χ1n) is 5.27. The van der Waals surface area contributed by atoms with Gasteiger partial charge in [-0.2, -0.15) is 0 Å². The van der Waals surface area contributed by atoms with E-state index in [0.29, 0.717) is 5.56 Å². The molecule has 0 aliphatic rings.